The van der Waals surface area contributed by atoms with Crippen LogP contribution in [0.1, 0.15) is 24.0 Å². The summed E-state index contributed by atoms with van der Waals surface area (Å²) in [6, 6.07) is 5.40. The average molecular weight is 337 g/mol. The molecule has 106 valence electrons. The van der Waals surface area contributed by atoms with Crippen LogP contribution in [-0.2, 0) is 17.3 Å². The van der Waals surface area contributed by atoms with Crippen LogP contribution in [0.15, 0.2) is 24.3 Å². The number of halogens is 4. The molecule has 0 spiro atoms. The Kier molecular flexibility index (Phi) is 4.90. The van der Waals surface area contributed by atoms with E-state index >= 15 is 0 Å². The van der Waals surface area contributed by atoms with Crippen molar-refractivity contribution in [2.45, 2.75) is 30.3 Å². The molecule has 0 aromatic heterocycles. The van der Waals surface area contributed by atoms with Crippen molar-refractivity contribution in [3.8, 4) is 0 Å². The Bertz CT molecular complexity index is 396. The fourth-order valence-corrected chi connectivity index (χ4v) is 3.06. The Balaban J connectivity index is 1.95. The lowest BCUT2D eigenvalue weighted by Crippen LogP contribution is -2.26. The Morgan fingerprint density at radius 3 is 2.47 bits per heavy atom. The van der Waals surface area contributed by atoms with Crippen LogP contribution < -0.4 is 0 Å². The molecule has 1 aliphatic heterocycles. The Morgan fingerprint density at radius 2 is 1.95 bits per heavy atom. The van der Waals surface area contributed by atoms with E-state index in [2.05, 4.69) is 15.9 Å². The zero-order chi connectivity index (χ0) is 13.9. The summed E-state index contributed by atoms with van der Waals surface area (Å²) >= 11 is 3.63. The zero-order valence-electron chi connectivity index (χ0n) is 10.4. The second kappa shape index (κ2) is 6.27. The Morgan fingerprint density at radius 1 is 1.26 bits per heavy atom. The molecule has 0 N–H and O–H groups in total. The first-order valence-corrected chi connectivity index (χ1v) is 7.26. The molecule has 5 heteroatoms. The fraction of sp³-hybridized carbons (Fsp3) is 0.571. The van der Waals surface area contributed by atoms with Gasteiger partial charge in [-0.2, -0.15) is 13.2 Å². The summed E-state index contributed by atoms with van der Waals surface area (Å²) in [5.74, 6) is 0.441. The second-order valence-electron chi connectivity index (χ2n) is 4.89. The van der Waals surface area contributed by atoms with E-state index in [-0.39, 0.29) is 4.83 Å². The molecule has 1 aliphatic rings. The molecule has 0 aliphatic carbocycles. The van der Waals surface area contributed by atoms with Gasteiger partial charge in [0.25, 0.3) is 0 Å². The lowest BCUT2D eigenvalue weighted by molar-refractivity contribution is -0.137. The minimum atomic E-state index is -4.26. The van der Waals surface area contributed by atoms with E-state index in [4.69, 9.17) is 4.74 Å². The fourth-order valence-electron chi connectivity index (χ4n) is 2.27. The third-order valence-electron chi connectivity index (χ3n) is 3.42. The van der Waals surface area contributed by atoms with Crippen molar-refractivity contribution in [2.24, 2.45) is 5.92 Å². The summed E-state index contributed by atoms with van der Waals surface area (Å²) in [6.45, 7) is 1.55. The van der Waals surface area contributed by atoms with Gasteiger partial charge in [0.2, 0.25) is 0 Å². The van der Waals surface area contributed by atoms with Gasteiger partial charge in [-0.3, -0.25) is 0 Å². The van der Waals surface area contributed by atoms with E-state index in [0.29, 0.717) is 5.92 Å². The highest BCUT2D eigenvalue weighted by atomic mass is 79.9. The standard InChI is InChI=1S/C14H16BrF3O/c15-13(11-2-1-7-19-9-11)8-10-3-5-12(6-4-10)14(16,17)18/h3-6,11,13H,1-2,7-9H2. The molecule has 0 amide bonds. The highest BCUT2D eigenvalue weighted by molar-refractivity contribution is 9.09. The van der Waals surface area contributed by atoms with E-state index in [1.165, 1.54) is 0 Å². The predicted octanol–water partition coefficient (Wildman–Crippen LogP) is 4.44. The highest BCUT2D eigenvalue weighted by Gasteiger charge is 2.30. The molecule has 2 atom stereocenters. The molecule has 2 rings (SSSR count). The van der Waals surface area contributed by atoms with Crippen LogP contribution in [0.3, 0.4) is 0 Å². The molecule has 0 saturated carbocycles. The summed E-state index contributed by atoms with van der Waals surface area (Å²) in [5.41, 5.74) is 0.323. The summed E-state index contributed by atoms with van der Waals surface area (Å²) in [5, 5.41) is 0. The summed E-state index contributed by atoms with van der Waals surface area (Å²) in [6.07, 6.45) is -1.37. The van der Waals surface area contributed by atoms with Crippen LogP contribution in [-0.4, -0.2) is 18.0 Å². The number of hydrogen-bond acceptors (Lipinski definition) is 1. The van der Waals surface area contributed by atoms with Crippen molar-refractivity contribution < 1.29 is 17.9 Å². The van der Waals surface area contributed by atoms with Gasteiger partial charge in [0.1, 0.15) is 0 Å². The maximum atomic E-state index is 12.4. The van der Waals surface area contributed by atoms with Crippen LogP contribution in [0.25, 0.3) is 0 Å². The van der Waals surface area contributed by atoms with Gasteiger partial charge in [0.15, 0.2) is 0 Å². The predicted molar refractivity (Wildman–Crippen MR) is 71.4 cm³/mol. The van der Waals surface area contributed by atoms with Gasteiger partial charge in [-0.25, -0.2) is 0 Å². The SMILES string of the molecule is FC(F)(F)c1ccc(CC(Br)C2CCCOC2)cc1. The molecule has 1 saturated heterocycles. The third-order valence-corrected chi connectivity index (χ3v) is 4.49. The molecule has 1 fully saturated rings. The lowest BCUT2D eigenvalue weighted by Gasteiger charge is -2.26. The average Bonchev–Trinajstić information content (AvgIpc) is 2.39. The number of rotatable bonds is 3. The lowest BCUT2D eigenvalue weighted by atomic mass is 9.94. The first-order chi connectivity index (χ1) is 8.97. The molecular formula is C14H16BrF3O. The minimum absolute atomic E-state index is 0.254. The highest BCUT2D eigenvalue weighted by Crippen LogP contribution is 2.30. The molecule has 1 nitrogen and oxygen atoms in total. The maximum absolute atomic E-state index is 12.4. The molecule has 19 heavy (non-hydrogen) atoms. The van der Waals surface area contributed by atoms with Crippen LogP contribution >= 0.6 is 15.9 Å². The van der Waals surface area contributed by atoms with Crippen molar-refractivity contribution in [2.75, 3.05) is 13.2 Å². The van der Waals surface area contributed by atoms with Gasteiger partial charge in [-0.15, -0.1) is 0 Å². The van der Waals surface area contributed by atoms with E-state index < -0.39 is 11.7 Å². The van der Waals surface area contributed by atoms with Crippen LogP contribution in [0.2, 0.25) is 0 Å². The molecule has 0 bridgehead atoms. The van der Waals surface area contributed by atoms with Gasteiger partial charge in [-0.1, -0.05) is 28.1 Å². The number of hydrogen-bond donors (Lipinski definition) is 0. The molecule has 2 unspecified atom stereocenters. The summed E-state index contributed by atoms with van der Waals surface area (Å²) in [7, 11) is 0. The molecular weight excluding hydrogens is 321 g/mol. The van der Waals surface area contributed by atoms with Crippen LogP contribution in [0.5, 0.6) is 0 Å². The normalized spacial score (nSPS) is 22.2. The number of alkyl halides is 4. The molecule has 0 radical (unpaired) electrons. The van der Waals surface area contributed by atoms with E-state index in [1.54, 1.807) is 12.1 Å². The minimum Gasteiger partial charge on any atom is -0.381 e. The second-order valence-corrected chi connectivity index (χ2v) is 6.07. The summed E-state index contributed by atoms with van der Waals surface area (Å²) < 4.78 is 42.8. The quantitative estimate of drug-likeness (QED) is 0.741. The van der Waals surface area contributed by atoms with E-state index in [1.807, 2.05) is 0 Å². The van der Waals surface area contributed by atoms with Gasteiger partial charge in [0, 0.05) is 11.4 Å². The van der Waals surface area contributed by atoms with Crippen molar-refractivity contribution in [1.29, 1.82) is 0 Å². The smallest absolute Gasteiger partial charge is 0.381 e. The van der Waals surface area contributed by atoms with Gasteiger partial charge >= 0.3 is 6.18 Å². The van der Waals surface area contributed by atoms with E-state index in [9.17, 15) is 13.2 Å². The largest absolute Gasteiger partial charge is 0.416 e. The first kappa shape index (κ1) is 14.9. The van der Waals surface area contributed by atoms with Crippen molar-refractivity contribution in [3.05, 3.63) is 35.4 Å². The van der Waals surface area contributed by atoms with Gasteiger partial charge < -0.3 is 4.74 Å². The molecule has 1 aromatic rings. The Hall–Kier alpha value is -0.550. The monoisotopic (exact) mass is 336 g/mol. The number of ether oxygens (including phenoxy) is 1. The van der Waals surface area contributed by atoms with Crippen molar-refractivity contribution in [1.82, 2.24) is 0 Å². The van der Waals surface area contributed by atoms with Crippen LogP contribution in [0.4, 0.5) is 13.2 Å². The maximum Gasteiger partial charge on any atom is 0.416 e. The van der Waals surface area contributed by atoms with Gasteiger partial charge in [0.05, 0.1) is 12.2 Å². The molecule has 1 aromatic carbocycles. The summed E-state index contributed by atoms with van der Waals surface area (Å²) in [4.78, 5) is 0.254. The molecule has 1 heterocycles. The van der Waals surface area contributed by atoms with Crippen LogP contribution in [0, 0.1) is 5.92 Å². The first-order valence-electron chi connectivity index (χ1n) is 6.35. The van der Waals surface area contributed by atoms with Crippen molar-refractivity contribution in [3.63, 3.8) is 0 Å². The Labute approximate surface area is 119 Å². The third kappa shape index (κ3) is 4.21. The van der Waals surface area contributed by atoms with Crippen molar-refractivity contribution >= 4 is 15.9 Å². The topological polar surface area (TPSA) is 9.23 Å². The van der Waals surface area contributed by atoms with Gasteiger partial charge in [-0.05, 0) is 42.9 Å². The zero-order valence-corrected chi connectivity index (χ0v) is 12.0. The number of benzene rings is 1. The van der Waals surface area contributed by atoms with E-state index in [0.717, 1.165) is 50.2 Å².